The molecule has 0 unspecified atom stereocenters. The Balaban J connectivity index is 1.81. The second kappa shape index (κ2) is 8.01. The number of halogens is 1. The molecular formula is C19H15ClN4O4. The van der Waals surface area contributed by atoms with E-state index < -0.39 is 10.8 Å². The van der Waals surface area contributed by atoms with Gasteiger partial charge in [-0.2, -0.15) is 0 Å². The third kappa shape index (κ3) is 4.60. The lowest BCUT2D eigenvalue weighted by Gasteiger charge is -2.09. The fourth-order valence-electron chi connectivity index (χ4n) is 2.53. The molecule has 1 aromatic heterocycles. The van der Waals surface area contributed by atoms with Gasteiger partial charge in [0, 0.05) is 34.2 Å². The first-order valence-corrected chi connectivity index (χ1v) is 8.55. The van der Waals surface area contributed by atoms with Gasteiger partial charge in [-0.15, -0.1) is 0 Å². The highest BCUT2D eigenvalue weighted by Gasteiger charge is 2.20. The van der Waals surface area contributed by atoms with Crippen LogP contribution < -0.4 is 10.1 Å². The number of nitro benzene ring substituents is 1. The van der Waals surface area contributed by atoms with Crippen LogP contribution in [0, 0.1) is 24.0 Å². The number of aromatic nitrogens is 2. The number of nitrogens with zero attached hydrogens (tertiary/aromatic N) is 3. The van der Waals surface area contributed by atoms with Gasteiger partial charge in [0.15, 0.2) is 0 Å². The number of carbonyl (C=O) groups is 1. The molecule has 0 spiro atoms. The van der Waals surface area contributed by atoms with E-state index in [4.69, 9.17) is 16.3 Å². The molecule has 1 heterocycles. The smallest absolute Gasteiger partial charge is 0.322 e. The Morgan fingerprint density at radius 2 is 1.82 bits per heavy atom. The second-order valence-electron chi connectivity index (χ2n) is 5.94. The third-order valence-corrected chi connectivity index (χ3v) is 3.90. The van der Waals surface area contributed by atoms with Crippen LogP contribution in [0.1, 0.15) is 21.7 Å². The molecular weight excluding hydrogens is 384 g/mol. The molecule has 8 nitrogen and oxygen atoms in total. The number of aryl methyl sites for hydroxylation is 2. The van der Waals surface area contributed by atoms with Gasteiger partial charge in [-0.05, 0) is 44.2 Å². The topological polar surface area (TPSA) is 107 Å². The predicted molar refractivity (Wildman–Crippen MR) is 104 cm³/mol. The van der Waals surface area contributed by atoms with Gasteiger partial charge in [-0.1, -0.05) is 17.7 Å². The van der Waals surface area contributed by atoms with Crippen molar-refractivity contribution in [3.63, 3.8) is 0 Å². The quantitative estimate of drug-likeness (QED) is 0.493. The lowest BCUT2D eigenvalue weighted by molar-refractivity contribution is -0.385. The van der Waals surface area contributed by atoms with Crippen molar-refractivity contribution in [2.45, 2.75) is 13.8 Å². The van der Waals surface area contributed by atoms with Crippen LogP contribution in [0.15, 0.2) is 48.5 Å². The minimum Gasteiger partial charge on any atom is -0.424 e. The van der Waals surface area contributed by atoms with Crippen molar-refractivity contribution >= 4 is 28.9 Å². The number of benzene rings is 2. The SMILES string of the molecule is Cc1cc(C)nc(Oc2cccc(NC(=O)c3ccc(Cl)cc3[N+](=O)[O-])c2)n1. The van der Waals surface area contributed by atoms with Gasteiger partial charge in [0.05, 0.1) is 4.92 Å². The number of anilines is 1. The summed E-state index contributed by atoms with van der Waals surface area (Å²) in [5.74, 6) is -0.225. The highest BCUT2D eigenvalue weighted by Crippen LogP contribution is 2.26. The van der Waals surface area contributed by atoms with Crippen molar-refractivity contribution < 1.29 is 14.5 Å². The number of ether oxygens (including phenoxy) is 1. The van der Waals surface area contributed by atoms with Crippen LogP contribution in [0.3, 0.4) is 0 Å². The summed E-state index contributed by atoms with van der Waals surface area (Å²) in [5, 5.41) is 14.0. The van der Waals surface area contributed by atoms with Crippen LogP contribution in [0.4, 0.5) is 11.4 Å². The average Bonchev–Trinajstić information content (AvgIpc) is 2.60. The van der Waals surface area contributed by atoms with Gasteiger partial charge in [0.25, 0.3) is 11.6 Å². The van der Waals surface area contributed by atoms with Gasteiger partial charge in [-0.25, -0.2) is 9.97 Å². The van der Waals surface area contributed by atoms with Crippen molar-refractivity contribution in [3.8, 4) is 11.8 Å². The molecule has 2 aromatic carbocycles. The van der Waals surface area contributed by atoms with Crippen molar-refractivity contribution in [2.75, 3.05) is 5.32 Å². The standard InChI is InChI=1S/C19H15ClN4O4/c1-11-8-12(2)22-19(21-11)28-15-5-3-4-14(10-15)23-18(25)16-7-6-13(20)9-17(16)24(26)27/h3-10H,1-2H3,(H,23,25). The van der Waals surface area contributed by atoms with Crippen LogP contribution >= 0.6 is 11.6 Å². The van der Waals surface area contributed by atoms with E-state index in [2.05, 4.69) is 15.3 Å². The van der Waals surface area contributed by atoms with E-state index in [1.54, 1.807) is 24.3 Å². The molecule has 0 aliphatic carbocycles. The number of rotatable bonds is 5. The first kappa shape index (κ1) is 19.2. The van der Waals surface area contributed by atoms with E-state index in [1.807, 2.05) is 19.9 Å². The van der Waals surface area contributed by atoms with E-state index in [0.29, 0.717) is 11.4 Å². The maximum Gasteiger partial charge on any atom is 0.322 e. The van der Waals surface area contributed by atoms with E-state index >= 15 is 0 Å². The molecule has 1 N–H and O–H groups in total. The zero-order valence-corrected chi connectivity index (χ0v) is 15.7. The summed E-state index contributed by atoms with van der Waals surface area (Å²) in [6.45, 7) is 3.66. The Morgan fingerprint density at radius 3 is 2.50 bits per heavy atom. The van der Waals surface area contributed by atoms with Crippen LogP contribution in [0.5, 0.6) is 11.8 Å². The number of nitrogens with one attached hydrogen (secondary N) is 1. The zero-order valence-electron chi connectivity index (χ0n) is 15.0. The van der Waals surface area contributed by atoms with E-state index in [0.717, 1.165) is 17.5 Å². The summed E-state index contributed by atoms with van der Waals surface area (Å²) in [6.07, 6.45) is 0. The summed E-state index contributed by atoms with van der Waals surface area (Å²) < 4.78 is 5.65. The number of amides is 1. The summed E-state index contributed by atoms with van der Waals surface area (Å²) in [6, 6.07) is 12.4. The van der Waals surface area contributed by atoms with Crippen molar-refractivity contribution in [1.29, 1.82) is 0 Å². The lowest BCUT2D eigenvalue weighted by Crippen LogP contribution is -2.14. The van der Waals surface area contributed by atoms with Gasteiger partial charge in [-0.3, -0.25) is 14.9 Å². The molecule has 1 amide bonds. The minimum atomic E-state index is -0.655. The van der Waals surface area contributed by atoms with Crippen molar-refractivity contribution in [1.82, 2.24) is 9.97 Å². The van der Waals surface area contributed by atoms with Crippen molar-refractivity contribution in [2.24, 2.45) is 0 Å². The Morgan fingerprint density at radius 1 is 1.11 bits per heavy atom. The van der Waals surface area contributed by atoms with Crippen LogP contribution in [0.25, 0.3) is 0 Å². The molecule has 28 heavy (non-hydrogen) atoms. The molecule has 3 rings (SSSR count). The molecule has 142 valence electrons. The number of nitro groups is 1. The molecule has 9 heteroatoms. The largest absolute Gasteiger partial charge is 0.424 e. The Hall–Kier alpha value is -3.52. The fourth-order valence-corrected chi connectivity index (χ4v) is 2.69. The third-order valence-electron chi connectivity index (χ3n) is 3.66. The monoisotopic (exact) mass is 398 g/mol. The molecule has 0 saturated carbocycles. The molecule has 3 aromatic rings. The normalized spacial score (nSPS) is 10.4. The predicted octanol–water partition coefficient (Wildman–Crippen LogP) is 4.70. The number of hydrogen-bond acceptors (Lipinski definition) is 6. The van der Waals surface area contributed by atoms with E-state index in [9.17, 15) is 14.9 Å². The highest BCUT2D eigenvalue weighted by atomic mass is 35.5. The Kier molecular flexibility index (Phi) is 5.51. The molecule has 0 aliphatic rings. The van der Waals surface area contributed by atoms with Crippen molar-refractivity contribution in [3.05, 3.63) is 80.6 Å². The molecule has 0 fully saturated rings. The maximum absolute atomic E-state index is 12.5. The Labute approximate surface area is 165 Å². The van der Waals surface area contributed by atoms with E-state index in [-0.39, 0.29) is 22.3 Å². The van der Waals surface area contributed by atoms with Gasteiger partial charge in [0.1, 0.15) is 11.3 Å². The molecule has 0 radical (unpaired) electrons. The molecule has 0 aliphatic heterocycles. The minimum absolute atomic E-state index is 0.0987. The average molecular weight is 399 g/mol. The van der Waals surface area contributed by atoms with E-state index in [1.165, 1.54) is 12.1 Å². The summed E-state index contributed by atoms with van der Waals surface area (Å²) in [7, 11) is 0. The number of carbonyl (C=O) groups excluding carboxylic acids is 1. The van der Waals surface area contributed by atoms with Gasteiger partial charge in [0.2, 0.25) is 0 Å². The van der Waals surface area contributed by atoms with Gasteiger partial charge < -0.3 is 10.1 Å². The molecule has 0 saturated heterocycles. The summed E-state index contributed by atoms with van der Waals surface area (Å²) in [4.78, 5) is 31.4. The first-order chi connectivity index (χ1) is 13.3. The maximum atomic E-state index is 12.5. The lowest BCUT2D eigenvalue weighted by atomic mass is 10.1. The Bertz CT molecular complexity index is 1050. The summed E-state index contributed by atoms with van der Waals surface area (Å²) >= 11 is 5.78. The van der Waals surface area contributed by atoms with Gasteiger partial charge >= 0.3 is 6.01 Å². The number of hydrogen-bond donors (Lipinski definition) is 1. The van der Waals surface area contributed by atoms with Crippen LogP contribution in [-0.2, 0) is 0 Å². The highest BCUT2D eigenvalue weighted by molar-refractivity contribution is 6.31. The summed E-state index contributed by atoms with van der Waals surface area (Å²) in [5.41, 5.74) is 1.46. The second-order valence-corrected chi connectivity index (χ2v) is 6.37. The molecule has 0 atom stereocenters. The molecule has 0 bridgehead atoms. The first-order valence-electron chi connectivity index (χ1n) is 8.17. The van der Waals surface area contributed by atoms with Crippen LogP contribution in [0.2, 0.25) is 5.02 Å². The zero-order chi connectivity index (χ0) is 20.3. The van der Waals surface area contributed by atoms with Crippen LogP contribution in [-0.4, -0.2) is 20.8 Å². The fraction of sp³-hybridized carbons (Fsp3) is 0.105.